The molecule has 2 aliphatic rings. The minimum atomic E-state index is -0.300. The molecule has 1 fully saturated rings. The van der Waals surface area contributed by atoms with Crippen LogP contribution in [0.25, 0.3) is 0 Å². The van der Waals surface area contributed by atoms with Crippen molar-refractivity contribution in [3.8, 4) is 0 Å². The van der Waals surface area contributed by atoms with Gasteiger partial charge >= 0.3 is 5.97 Å². The summed E-state index contributed by atoms with van der Waals surface area (Å²) in [5.41, 5.74) is 1.70. The van der Waals surface area contributed by atoms with E-state index in [0.717, 1.165) is 44.5 Å². The van der Waals surface area contributed by atoms with Crippen molar-refractivity contribution in [1.29, 1.82) is 0 Å². The molecule has 2 heterocycles. The number of fused-ring (bicyclic) bond motifs is 1. The largest absolute Gasteiger partial charge is 0.462 e. The third-order valence-electron chi connectivity index (χ3n) is 5.35. The van der Waals surface area contributed by atoms with Crippen LogP contribution in [0.3, 0.4) is 0 Å². The molecule has 6 heteroatoms. The van der Waals surface area contributed by atoms with Crippen LogP contribution in [0.4, 0.5) is 5.00 Å². The maximum atomic E-state index is 12.5. The number of likely N-dealkylation sites (tertiary alicyclic amines) is 1. The van der Waals surface area contributed by atoms with Gasteiger partial charge in [0.1, 0.15) is 5.00 Å². The van der Waals surface area contributed by atoms with E-state index in [2.05, 4.69) is 17.1 Å². The minimum absolute atomic E-state index is 0.00670. The molecule has 0 bridgehead atoms. The highest BCUT2D eigenvalue weighted by Gasteiger charge is 2.29. The van der Waals surface area contributed by atoms with E-state index in [1.54, 1.807) is 11.3 Å². The van der Waals surface area contributed by atoms with E-state index in [1.165, 1.54) is 24.1 Å². The fraction of sp³-hybridized carbons (Fsp3) is 0.700. The van der Waals surface area contributed by atoms with Gasteiger partial charge in [-0.1, -0.05) is 13.3 Å². The Morgan fingerprint density at radius 1 is 1.27 bits per heavy atom. The van der Waals surface area contributed by atoms with Crippen molar-refractivity contribution < 1.29 is 14.3 Å². The SMILES string of the molecule is CCOC(=O)c1c(NC(=O)CCN2CCCCC2)sc2c1CC[C@@H](C)C2. The summed E-state index contributed by atoms with van der Waals surface area (Å²) in [6.07, 6.45) is 7.18. The molecule has 26 heavy (non-hydrogen) atoms. The van der Waals surface area contributed by atoms with Crippen LogP contribution >= 0.6 is 11.3 Å². The van der Waals surface area contributed by atoms with Crippen LogP contribution in [0.5, 0.6) is 0 Å². The lowest BCUT2D eigenvalue weighted by atomic mass is 9.88. The summed E-state index contributed by atoms with van der Waals surface area (Å²) < 4.78 is 5.26. The summed E-state index contributed by atoms with van der Waals surface area (Å²) in [7, 11) is 0. The molecule has 144 valence electrons. The number of nitrogens with zero attached hydrogens (tertiary/aromatic N) is 1. The highest BCUT2D eigenvalue weighted by atomic mass is 32.1. The van der Waals surface area contributed by atoms with Crippen LogP contribution in [0.2, 0.25) is 0 Å². The Balaban J connectivity index is 1.69. The molecule has 3 rings (SSSR count). The number of nitrogens with one attached hydrogen (secondary N) is 1. The lowest BCUT2D eigenvalue weighted by Crippen LogP contribution is -2.32. The van der Waals surface area contributed by atoms with Crippen LogP contribution in [-0.2, 0) is 22.4 Å². The predicted octanol–water partition coefficient (Wildman–Crippen LogP) is 3.86. The van der Waals surface area contributed by atoms with E-state index in [9.17, 15) is 9.59 Å². The van der Waals surface area contributed by atoms with Gasteiger partial charge in [0.25, 0.3) is 0 Å². The van der Waals surface area contributed by atoms with Gasteiger partial charge in [0.05, 0.1) is 12.2 Å². The molecule has 1 aliphatic carbocycles. The summed E-state index contributed by atoms with van der Waals surface area (Å²) in [5.74, 6) is 0.317. The predicted molar refractivity (Wildman–Crippen MR) is 105 cm³/mol. The maximum absolute atomic E-state index is 12.5. The summed E-state index contributed by atoms with van der Waals surface area (Å²) in [4.78, 5) is 28.6. The van der Waals surface area contributed by atoms with E-state index in [4.69, 9.17) is 4.74 Å². The second kappa shape index (κ2) is 9.00. The zero-order valence-corrected chi connectivity index (χ0v) is 16.8. The first-order valence-electron chi connectivity index (χ1n) is 9.92. The molecule has 1 amide bonds. The van der Waals surface area contributed by atoms with E-state index in [0.29, 0.717) is 29.5 Å². The van der Waals surface area contributed by atoms with E-state index < -0.39 is 0 Å². The number of carbonyl (C=O) groups is 2. The van der Waals surface area contributed by atoms with Gasteiger partial charge in [-0.3, -0.25) is 4.79 Å². The Kier molecular flexibility index (Phi) is 6.70. The topological polar surface area (TPSA) is 58.6 Å². The normalized spacial score (nSPS) is 20.5. The number of hydrogen-bond donors (Lipinski definition) is 1. The third kappa shape index (κ3) is 4.65. The monoisotopic (exact) mass is 378 g/mol. The Morgan fingerprint density at radius 2 is 2.04 bits per heavy atom. The number of amides is 1. The molecular weight excluding hydrogens is 348 g/mol. The van der Waals surface area contributed by atoms with Crippen LogP contribution in [0.1, 0.15) is 66.8 Å². The molecular formula is C20H30N2O3S. The van der Waals surface area contributed by atoms with Crippen molar-refractivity contribution >= 4 is 28.2 Å². The molecule has 1 saturated heterocycles. The molecule has 1 atom stereocenters. The number of ether oxygens (including phenoxy) is 1. The number of hydrogen-bond acceptors (Lipinski definition) is 5. The summed E-state index contributed by atoms with van der Waals surface area (Å²) in [6, 6.07) is 0. The van der Waals surface area contributed by atoms with Gasteiger partial charge in [0.15, 0.2) is 0 Å². The highest BCUT2D eigenvalue weighted by molar-refractivity contribution is 7.17. The highest BCUT2D eigenvalue weighted by Crippen LogP contribution is 2.40. The average Bonchev–Trinajstić information content (AvgIpc) is 2.98. The first-order valence-corrected chi connectivity index (χ1v) is 10.7. The average molecular weight is 379 g/mol. The molecule has 1 aromatic heterocycles. The number of carbonyl (C=O) groups excluding carboxylic acids is 2. The van der Waals surface area contributed by atoms with E-state index >= 15 is 0 Å². The first-order chi connectivity index (χ1) is 12.6. The number of rotatable bonds is 6. The standard InChI is InChI=1S/C20H30N2O3S/c1-3-25-20(24)18-15-8-7-14(2)13-16(15)26-19(18)21-17(23)9-12-22-10-5-4-6-11-22/h14H,3-13H2,1-2H3,(H,21,23)/t14-/m1/s1. The molecule has 1 N–H and O–H groups in total. The van der Waals surface area contributed by atoms with Crippen molar-refractivity contribution in [2.75, 3.05) is 31.6 Å². The van der Waals surface area contributed by atoms with E-state index in [1.807, 2.05) is 6.92 Å². The van der Waals surface area contributed by atoms with Crippen LogP contribution in [0.15, 0.2) is 0 Å². The molecule has 5 nitrogen and oxygen atoms in total. The fourth-order valence-electron chi connectivity index (χ4n) is 3.89. The summed E-state index contributed by atoms with van der Waals surface area (Å²) in [5, 5.41) is 3.70. The van der Waals surface area contributed by atoms with Gasteiger partial charge in [0.2, 0.25) is 5.91 Å². The van der Waals surface area contributed by atoms with Crippen molar-refractivity contribution in [1.82, 2.24) is 4.90 Å². The molecule has 1 aliphatic heterocycles. The van der Waals surface area contributed by atoms with Gasteiger partial charge in [-0.05, 0) is 63.6 Å². The molecule has 0 unspecified atom stereocenters. The Labute approximate surface area is 160 Å². The summed E-state index contributed by atoms with van der Waals surface area (Å²) in [6.45, 7) is 7.38. The van der Waals surface area contributed by atoms with Crippen LogP contribution in [-0.4, -0.2) is 43.0 Å². The number of thiophene rings is 1. The minimum Gasteiger partial charge on any atom is -0.462 e. The van der Waals surface area contributed by atoms with E-state index in [-0.39, 0.29) is 11.9 Å². The first kappa shape index (κ1) is 19.4. The molecule has 0 saturated carbocycles. The molecule has 0 radical (unpaired) electrons. The lowest BCUT2D eigenvalue weighted by molar-refractivity contribution is -0.116. The molecule has 1 aromatic rings. The Morgan fingerprint density at radius 3 is 2.77 bits per heavy atom. The van der Waals surface area contributed by atoms with Crippen molar-refractivity contribution in [2.24, 2.45) is 5.92 Å². The van der Waals surface area contributed by atoms with Gasteiger partial charge in [-0.2, -0.15) is 0 Å². The maximum Gasteiger partial charge on any atom is 0.341 e. The smallest absolute Gasteiger partial charge is 0.341 e. The lowest BCUT2D eigenvalue weighted by Gasteiger charge is -2.25. The summed E-state index contributed by atoms with van der Waals surface area (Å²) >= 11 is 1.56. The number of anilines is 1. The zero-order chi connectivity index (χ0) is 18.5. The molecule has 0 aromatic carbocycles. The molecule has 0 spiro atoms. The van der Waals surface area contributed by atoms with Crippen LogP contribution in [0, 0.1) is 5.92 Å². The number of piperidine rings is 1. The van der Waals surface area contributed by atoms with Crippen LogP contribution < -0.4 is 5.32 Å². The van der Waals surface area contributed by atoms with Crippen molar-refractivity contribution in [3.05, 3.63) is 16.0 Å². The second-order valence-corrected chi connectivity index (χ2v) is 8.58. The van der Waals surface area contributed by atoms with Crippen molar-refractivity contribution in [3.63, 3.8) is 0 Å². The fourth-order valence-corrected chi connectivity index (χ4v) is 5.30. The Bertz CT molecular complexity index is 650. The van der Waals surface area contributed by atoms with Gasteiger partial charge in [-0.25, -0.2) is 4.79 Å². The zero-order valence-electron chi connectivity index (χ0n) is 15.9. The van der Waals surface area contributed by atoms with Gasteiger partial charge in [-0.15, -0.1) is 11.3 Å². The quantitative estimate of drug-likeness (QED) is 0.764. The number of esters is 1. The van der Waals surface area contributed by atoms with Gasteiger partial charge in [0, 0.05) is 17.8 Å². The second-order valence-electron chi connectivity index (χ2n) is 7.48. The third-order valence-corrected chi connectivity index (χ3v) is 6.52. The van der Waals surface area contributed by atoms with Gasteiger partial charge < -0.3 is 15.0 Å². The Hall–Kier alpha value is -1.40. The van der Waals surface area contributed by atoms with Crippen molar-refractivity contribution in [2.45, 2.75) is 58.8 Å².